The second-order valence-electron chi connectivity index (χ2n) is 4.57. The Morgan fingerprint density at radius 2 is 2.19 bits per heavy atom. The maximum absolute atomic E-state index is 13.8. The quantitative estimate of drug-likeness (QED) is 0.816. The van der Waals surface area contributed by atoms with Crippen LogP contribution in [0.15, 0.2) is 12.1 Å². The number of piperidine rings is 1. The molecule has 0 aliphatic carbocycles. The van der Waals surface area contributed by atoms with Gasteiger partial charge in [-0.05, 0) is 56.8 Å². The van der Waals surface area contributed by atoms with Crippen molar-refractivity contribution in [2.24, 2.45) is 5.92 Å². The van der Waals surface area contributed by atoms with E-state index < -0.39 is 5.82 Å². The number of aryl methyl sites for hydroxylation is 1. The van der Waals surface area contributed by atoms with Crippen LogP contribution in [0.1, 0.15) is 24.0 Å². The maximum atomic E-state index is 13.8. The lowest BCUT2D eigenvalue weighted by molar-refractivity contribution is 0.366. The Morgan fingerprint density at radius 3 is 2.88 bits per heavy atom. The molecule has 1 nitrogen and oxygen atoms in total. The fourth-order valence-corrected chi connectivity index (χ4v) is 2.29. The van der Waals surface area contributed by atoms with Gasteiger partial charge < -0.3 is 5.32 Å². The summed E-state index contributed by atoms with van der Waals surface area (Å²) in [4.78, 5) is 0. The van der Waals surface area contributed by atoms with Crippen molar-refractivity contribution >= 4 is 0 Å². The number of hydrogen-bond donors (Lipinski definition) is 1. The van der Waals surface area contributed by atoms with Crippen molar-refractivity contribution in [1.29, 1.82) is 0 Å². The molecule has 2 rings (SSSR count). The van der Waals surface area contributed by atoms with Crippen LogP contribution in [0.3, 0.4) is 0 Å². The van der Waals surface area contributed by atoms with Gasteiger partial charge in [-0.1, -0.05) is 6.07 Å². The number of hydrogen-bond acceptors (Lipinski definition) is 1. The highest BCUT2D eigenvalue weighted by Gasteiger charge is 2.18. The van der Waals surface area contributed by atoms with E-state index in [0.29, 0.717) is 17.9 Å². The first kappa shape index (κ1) is 11.5. The summed E-state index contributed by atoms with van der Waals surface area (Å²) in [5.74, 6) is -0.418. The predicted molar refractivity (Wildman–Crippen MR) is 60.4 cm³/mol. The zero-order valence-electron chi connectivity index (χ0n) is 9.52. The Morgan fingerprint density at radius 1 is 1.38 bits per heavy atom. The van der Waals surface area contributed by atoms with Crippen molar-refractivity contribution in [3.8, 4) is 0 Å². The van der Waals surface area contributed by atoms with Crippen LogP contribution in [0, 0.1) is 24.5 Å². The molecule has 1 aromatic carbocycles. The monoisotopic (exact) mass is 225 g/mol. The zero-order chi connectivity index (χ0) is 11.5. The molecule has 0 spiro atoms. The molecule has 1 heterocycles. The molecule has 0 saturated carbocycles. The molecule has 1 unspecified atom stereocenters. The van der Waals surface area contributed by atoms with Crippen LogP contribution in [-0.4, -0.2) is 13.1 Å². The van der Waals surface area contributed by atoms with Gasteiger partial charge in [-0.3, -0.25) is 0 Å². The molecular weight excluding hydrogens is 208 g/mol. The Hall–Kier alpha value is -0.960. The summed E-state index contributed by atoms with van der Waals surface area (Å²) in [5, 5.41) is 3.26. The number of nitrogens with one attached hydrogen (secondary N) is 1. The van der Waals surface area contributed by atoms with Crippen LogP contribution in [0.25, 0.3) is 0 Å². The number of benzene rings is 1. The van der Waals surface area contributed by atoms with Gasteiger partial charge in [0.1, 0.15) is 11.6 Å². The van der Waals surface area contributed by atoms with Crippen molar-refractivity contribution in [2.75, 3.05) is 13.1 Å². The minimum atomic E-state index is -0.409. The van der Waals surface area contributed by atoms with Crippen molar-refractivity contribution in [3.05, 3.63) is 34.9 Å². The van der Waals surface area contributed by atoms with E-state index in [1.165, 1.54) is 12.1 Å². The normalized spacial score (nSPS) is 21.1. The van der Waals surface area contributed by atoms with Gasteiger partial charge in [0.05, 0.1) is 0 Å². The number of rotatable bonds is 2. The molecule has 3 heteroatoms. The average molecular weight is 225 g/mol. The third kappa shape index (κ3) is 2.40. The third-order valence-electron chi connectivity index (χ3n) is 3.27. The van der Waals surface area contributed by atoms with Crippen LogP contribution in [0.4, 0.5) is 8.78 Å². The lowest BCUT2D eigenvalue weighted by Gasteiger charge is -2.23. The molecular formula is C13H17F2N. The summed E-state index contributed by atoms with van der Waals surface area (Å²) in [7, 11) is 0. The Kier molecular flexibility index (Phi) is 3.54. The summed E-state index contributed by atoms with van der Waals surface area (Å²) in [6.45, 7) is 3.57. The molecule has 0 bridgehead atoms. The highest BCUT2D eigenvalue weighted by molar-refractivity contribution is 5.27. The average Bonchev–Trinajstić information content (AvgIpc) is 2.31. The first-order valence-electron chi connectivity index (χ1n) is 5.82. The Bertz CT molecular complexity index is 370. The summed E-state index contributed by atoms with van der Waals surface area (Å²) in [6, 6.07) is 2.86. The highest BCUT2D eigenvalue weighted by Crippen LogP contribution is 2.22. The van der Waals surface area contributed by atoms with Crippen molar-refractivity contribution in [3.63, 3.8) is 0 Å². The first-order chi connectivity index (χ1) is 7.68. The van der Waals surface area contributed by atoms with Gasteiger partial charge in [-0.25, -0.2) is 8.78 Å². The van der Waals surface area contributed by atoms with Crippen molar-refractivity contribution < 1.29 is 8.78 Å². The fourth-order valence-electron chi connectivity index (χ4n) is 2.29. The molecule has 88 valence electrons. The van der Waals surface area contributed by atoms with Gasteiger partial charge in [0, 0.05) is 5.56 Å². The minimum Gasteiger partial charge on any atom is -0.316 e. The maximum Gasteiger partial charge on any atom is 0.132 e. The lowest BCUT2D eigenvalue weighted by Crippen LogP contribution is -2.31. The molecule has 1 aromatic rings. The molecule has 0 aromatic heterocycles. The van der Waals surface area contributed by atoms with E-state index in [1.807, 2.05) is 0 Å². The molecule has 1 atom stereocenters. The van der Waals surface area contributed by atoms with Gasteiger partial charge in [0.15, 0.2) is 0 Å². The van der Waals surface area contributed by atoms with Crippen LogP contribution in [0.2, 0.25) is 0 Å². The SMILES string of the molecule is Cc1ccc(F)c(CC2CCCNC2)c1F. The minimum absolute atomic E-state index is 0.258. The lowest BCUT2D eigenvalue weighted by atomic mass is 9.91. The van der Waals surface area contributed by atoms with E-state index in [2.05, 4.69) is 5.32 Å². The molecule has 1 saturated heterocycles. The second kappa shape index (κ2) is 4.91. The zero-order valence-corrected chi connectivity index (χ0v) is 9.52. The molecule has 1 fully saturated rings. The molecule has 1 aliphatic heterocycles. The Labute approximate surface area is 94.9 Å². The van der Waals surface area contributed by atoms with E-state index in [4.69, 9.17) is 0 Å². The van der Waals surface area contributed by atoms with E-state index in [0.717, 1.165) is 25.9 Å². The number of halogens is 2. The van der Waals surface area contributed by atoms with Crippen LogP contribution < -0.4 is 5.32 Å². The van der Waals surface area contributed by atoms with E-state index in [-0.39, 0.29) is 11.4 Å². The highest BCUT2D eigenvalue weighted by atomic mass is 19.1. The van der Waals surface area contributed by atoms with Crippen molar-refractivity contribution in [1.82, 2.24) is 5.32 Å². The molecule has 1 aliphatic rings. The van der Waals surface area contributed by atoms with Crippen molar-refractivity contribution in [2.45, 2.75) is 26.2 Å². The summed E-state index contributed by atoms with van der Waals surface area (Å²) in [5.41, 5.74) is 0.786. The van der Waals surface area contributed by atoms with Crippen LogP contribution in [-0.2, 0) is 6.42 Å². The summed E-state index contributed by atoms with van der Waals surface area (Å²) < 4.78 is 27.3. The summed E-state index contributed by atoms with van der Waals surface area (Å²) >= 11 is 0. The van der Waals surface area contributed by atoms with Crippen LogP contribution >= 0.6 is 0 Å². The second-order valence-corrected chi connectivity index (χ2v) is 4.57. The fraction of sp³-hybridized carbons (Fsp3) is 0.538. The molecule has 0 radical (unpaired) electrons. The van der Waals surface area contributed by atoms with E-state index in [1.54, 1.807) is 6.92 Å². The molecule has 1 N–H and O–H groups in total. The van der Waals surface area contributed by atoms with Gasteiger partial charge >= 0.3 is 0 Å². The molecule has 16 heavy (non-hydrogen) atoms. The Balaban J connectivity index is 2.16. The van der Waals surface area contributed by atoms with Gasteiger partial charge in [-0.2, -0.15) is 0 Å². The van der Waals surface area contributed by atoms with Gasteiger partial charge in [0.25, 0.3) is 0 Å². The van der Waals surface area contributed by atoms with Crippen LogP contribution in [0.5, 0.6) is 0 Å². The van der Waals surface area contributed by atoms with Gasteiger partial charge in [-0.15, -0.1) is 0 Å². The third-order valence-corrected chi connectivity index (χ3v) is 3.27. The smallest absolute Gasteiger partial charge is 0.132 e. The standard InChI is InChI=1S/C13H17F2N/c1-9-4-5-12(14)11(13(9)15)7-10-3-2-6-16-8-10/h4-5,10,16H,2-3,6-8H2,1H3. The first-order valence-corrected chi connectivity index (χ1v) is 5.82. The topological polar surface area (TPSA) is 12.0 Å². The van der Waals surface area contributed by atoms with E-state index in [9.17, 15) is 8.78 Å². The van der Waals surface area contributed by atoms with E-state index >= 15 is 0 Å². The molecule has 0 amide bonds. The predicted octanol–water partition coefficient (Wildman–Crippen LogP) is 2.82. The van der Waals surface area contributed by atoms with Gasteiger partial charge in [0.2, 0.25) is 0 Å². The largest absolute Gasteiger partial charge is 0.316 e. The summed E-state index contributed by atoms with van der Waals surface area (Å²) in [6.07, 6.45) is 2.66.